The van der Waals surface area contributed by atoms with Crippen molar-refractivity contribution in [3.8, 4) is 0 Å². The summed E-state index contributed by atoms with van der Waals surface area (Å²) in [6.07, 6.45) is 8.37. The fourth-order valence-electron chi connectivity index (χ4n) is 2.17. The topological polar surface area (TPSA) is 0 Å². The van der Waals surface area contributed by atoms with Gasteiger partial charge >= 0.3 is 0 Å². The summed E-state index contributed by atoms with van der Waals surface area (Å²) in [6, 6.07) is 12.3. The minimum absolute atomic E-state index is 1.34. The first-order valence-corrected chi connectivity index (χ1v) is 11.9. The van der Waals surface area contributed by atoms with Gasteiger partial charge in [-0.25, -0.2) is 0 Å². The highest BCUT2D eigenvalue weighted by Gasteiger charge is 2.24. The molecule has 0 N–H and O–H groups in total. The van der Waals surface area contributed by atoms with Crippen LogP contribution in [0.4, 0.5) is 0 Å². The molecule has 0 bridgehead atoms. The zero-order chi connectivity index (χ0) is 12.6. The largest absolute Gasteiger partial charge is 0.157 e. The number of hydrogen-bond acceptors (Lipinski definition) is 0. The van der Waals surface area contributed by atoms with Crippen molar-refractivity contribution < 1.29 is 0 Å². The van der Waals surface area contributed by atoms with E-state index in [1.165, 1.54) is 49.8 Å². The standard InChI is InChI=1S/C15H25BrSi/c1-3-4-5-6-7-11-14-17(2,16)15-12-9-8-10-13-15/h8-10,12-13H,3-7,11,14H2,1-2H3. The SMILES string of the molecule is CCCCCCCC[Si](C)(Br)c1ccccc1. The molecule has 96 valence electrons. The van der Waals surface area contributed by atoms with Crippen LogP contribution in [0, 0.1) is 0 Å². The Balaban J connectivity index is 2.26. The van der Waals surface area contributed by atoms with Gasteiger partial charge in [0.15, 0.2) is 6.69 Å². The Bertz CT molecular complexity index is 295. The fraction of sp³-hybridized carbons (Fsp3) is 0.600. The first-order valence-electron chi connectivity index (χ1n) is 6.91. The summed E-state index contributed by atoms with van der Waals surface area (Å²) >= 11 is 4.01. The fourth-order valence-corrected chi connectivity index (χ4v) is 5.89. The van der Waals surface area contributed by atoms with Gasteiger partial charge in [-0.15, -0.1) is 15.3 Å². The molecular formula is C15H25BrSi. The summed E-state index contributed by atoms with van der Waals surface area (Å²) in [5.74, 6) is 0. The summed E-state index contributed by atoms with van der Waals surface area (Å²) < 4.78 is 0. The van der Waals surface area contributed by atoms with E-state index < -0.39 is 6.69 Å². The Kier molecular flexibility index (Phi) is 7.13. The van der Waals surface area contributed by atoms with Gasteiger partial charge in [0.1, 0.15) is 0 Å². The van der Waals surface area contributed by atoms with Crippen LogP contribution in [0.1, 0.15) is 45.4 Å². The molecule has 0 fully saturated rings. The normalized spacial score (nSPS) is 14.5. The van der Waals surface area contributed by atoms with Gasteiger partial charge < -0.3 is 0 Å². The van der Waals surface area contributed by atoms with E-state index in [1.807, 2.05) is 0 Å². The number of rotatable bonds is 8. The van der Waals surface area contributed by atoms with E-state index in [0.717, 1.165) is 0 Å². The molecule has 17 heavy (non-hydrogen) atoms. The second kappa shape index (κ2) is 8.10. The summed E-state index contributed by atoms with van der Waals surface area (Å²) in [5, 5.41) is 1.54. The van der Waals surface area contributed by atoms with Crippen LogP contribution in [-0.2, 0) is 0 Å². The van der Waals surface area contributed by atoms with E-state index >= 15 is 0 Å². The molecule has 0 radical (unpaired) electrons. The average molecular weight is 313 g/mol. The molecule has 0 saturated heterocycles. The van der Waals surface area contributed by atoms with Crippen molar-refractivity contribution in [2.24, 2.45) is 0 Å². The summed E-state index contributed by atoms with van der Waals surface area (Å²) in [5.41, 5.74) is 0. The lowest BCUT2D eigenvalue weighted by Crippen LogP contribution is -2.37. The molecule has 1 unspecified atom stereocenters. The summed E-state index contributed by atoms with van der Waals surface area (Å²) in [4.78, 5) is 0. The number of benzene rings is 1. The molecule has 0 aliphatic heterocycles. The van der Waals surface area contributed by atoms with Crippen LogP contribution in [0.3, 0.4) is 0 Å². The molecule has 1 aromatic carbocycles. The highest BCUT2D eigenvalue weighted by atomic mass is 79.9. The smallest absolute Gasteiger partial charge is 0.120 e. The van der Waals surface area contributed by atoms with Crippen molar-refractivity contribution in [1.29, 1.82) is 0 Å². The zero-order valence-electron chi connectivity index (χ0n) is 11.2. The lowest BCUT2D eigenvalue weighted by Gasteiger charge is -2.20. The first-order chi connectivity index (χ1) is 8.17. The number of hydrogen-bond donors (Lipinski definition) is 0. The molecule has 0 aromatic heterocycles. The molecule has 0 saturated carbocycles. The predicted octanol–water partition coefficient (Wildman–Crippen LogP) is 5.22. The maximum Gasteiger partial charge on any atom is 0.157 e. The molecule has 0 heterocycles. The Morgan fingerprint density at radius 3 is 2.18 bits per heavy atom. The van der Waals surface area contributed by atoms with Crippen LogP contribution in [0.2, 0.25) is 12.6 Å². The molecule has 0 aliphatic carbocycles. The van der Waals surface area contributed by atoms with Crippen molar-refractivity contribution in [2.75, 3.05) is 0 Å². The van der Waals surface area contributed by atoms with Crippen molar-refractivity contribution in [3.05, 3.63) is 30.3 Å². The molecule has 0 aliphatic rings. The van der Waals surface area contributed by atoms with Crippen LogP contribution in [0.15, 0.2) is 30.3 Å². The van der Waals surface area contributed by atoms with Gasteiger partial charge in [-0.2, -0.15) is 0 Å². The van der Waals surface area contributed by atoms with Gasteiger partial charge in [0.05, 0.1) is 0 Å². The molecule has 1 rings (SSSR count). The molecule has 0 nitrogen and oxygen atoms in total. The maximum atomic E-state index is 4.01. The van der Waals surface area contributed by atoms with E-state index in [1.54, 1.807) is 0 Å². The second-order valence-corrected chi connectivity index (χ2v) is 13.8. The average Bonchev–Trinajstić information content (AvgIpc) is 2.35. The minimum Gasteiger partial charge on any atom is -0.120 e. The molecule has 0 spiro atoms. The molecule has 0 amide bonds. The van der Waals surface area contributed by atoms with Gasteiger partial charge in [0.25, 0.3) is 0 Å². The van der Waals surface area contributed by atoms with Gasteiger partial charge in [-0.1, -0.05) is 82.3 Å². The molecule has 1 atom stereocenters. The lowest BCUT2D eigenvalue weighted by atomic mass is 10.1. The zero-order valence-corrected chi connectivity index (χ0v) is 13.8. The Morgan fingerprint density at radius 2 is 1.53 bits per heavy atom. The number of halogens is 1. The van der Waals surface area contributed by atoms with Gasteiger partial charge in [-0.05, 0) is 11.2 Å². The van der Waals surface area contributed by atoms with Crippen LogP contribution in [-0.4, -0.2) is 6.69 Å². The van der Waals surface area contributed by atoms with E-state index in [9.17, 15) is 0 Å². The first kappa shape index (κ1) is 15.0. The Morgan fingerprint density at radius 1 is 0.941 bits per heavy atom. The predicted molar refractivity (Wildman–Crippen MR) is 84.8 cm³/mol. The van der Waals surface area contributed by atoms with Gasteiger partial charge in [0.2, 0.25) is 0 Å². The third-order valence-electron chi connectivity index (χ3n) is 3.38. The maximum absolute atomic E-state index is 4.01. The summed E-state index contributed by atoms with van der Waals surface area (Å²) in [7, 11) is 0. The van der Waals surface area contributed by atoms with Crippen LogP contribution in [0.5, 0.6) is 0 Å². The quantitative estimate of drug-likeness (QED) is 0.350. The molecule has 2 heteroatoms. The summed E-state index contributed by atoms with van der Waals surface area (Å²) in [6.45, 7) is 3.37. The van der Waals surface area contributed by atoms with Crippen LogP contribution >= 0.6 is 15.3 Å². The van der Waals surface area contributed by atoms with Crippen LogP contribution in [0.25, 0.3) is 0 Å². The Labute approximate surface area is 115 Å². The van der Waals surface area contributed by atoms with E-state index in [-0.39, 0.29) is 0 Å². The van der Waals surface area contributed by atoms with E-state index in [2.05, 4.69) is 59.1 Å². The lowest BCUT2D eigenvalue weighted by molar-refractivity contribution is 0.623. The van der Waals surface area contributed by atoms with E-state index in [4.69, 9.17) is 0 Å². The highest BCUT2D eigenvalue weighted by Crippen LogP contribution is 2.21. The second-order valence-electron chi connectivity index (χ2n) is 5.08. The van der Waals surface area contributed by atoms with Crippen molar-refractivity contribution >= 4 is 27.2 Å². The van der Waals surface area contributed by atoms with Crippen molar-refractivity contribution in [1.82, 2.24) is 0 Å². The molecular weight excluding hydrogens is 288 g/mol. The third kappa shape index (κ3) is 5.87. The molecule has 1 aromatic rings. The highest BCUT2D eigenvalue weighted by molar-refractivity contribution is 9.26. The Hall–Kier alpha value is -0.0831. The third-order valence-corrected chi connectivity index (χ3v) is 8.77. The van der Waals surface area contributed by atoms with Gasteiger partial charge in [-0.3, -0.25) is 0 Å². The monoisotopic (exact) mass is 312 g/mol. The number of unbranched alkanes of at least 4 members (excludes halogenated alkanes) is 5. The van der Waals surface area contributed by atoms with Crippen molar-refractivity contribution in [3.63, 3.8) is 0 Å². The van der Waals surface area contributed by atoms with E-state index in [0.29, 0.717) is 0 Å². The van der Waals surface area contributed by atoms with Crippen LogP contribution < -0.4 is 5.19 Å². The van der Waals surface area contributed by atoms with Gasteiger partial charge in [0, 0.05) is 0 Å². The minimum atomic E-state index is -1.34. The van der Waals surface area contributed by atoms with Crippen molar-refractivity contribution in [2.45, 2.75) is 58.0 Å².